The van der Waals surface area contributed by atoms with Gasteiger partial charge in [0.2, 0.25) is 5.91 Å². The van der Waals surface area contributed by atoms with E-state index >= 15 is 0 Å². The van der Waals surface area contributed by atoms with Crippen molar-refractivity contribution < 1.29 is 14.3 Å². The lowest BCUT2D eigenvalue weighted by Crippen LogP contribution is -2.46. The van der Waals surface area contributed by atoms with Gasteiger partial charge in [0.05, 0.1) is 13.2 Å². The van der Waals surface area contributed by atoms with Crippen molar-refractivity contribution in [3.05, 3.63) is 41.4 Å². The number of morpholine rings is 1. The molecule has 0 aliphatic carbocycles. The second-order valence-electron chi connectivity index (χ2n) is 6.84. The minimum atomic E-state index is 0.139. The average Bonchev–Trinajstić information content (AvgIpc) is 2.68. The number of halogens is 1. The van der Waals surface area contributed by atoms with Gasteiger partial charge in [-0.2, -0.15) is 0 Å². The van der Waals surface area contributed by atoms with E-state index in [0.717, 1.165) is 56.9 Å². The lowest BCUT2D eigenvalue weighted by molar-refractivity contribution is -0.141. The van der Waals surface area contributed by atoms with E-state index in [1.54, 1.807) is 6.08 Å². The zero-order valence-electron chi connectivity index (χ0n) is 15.2. The molecule has 0 radical (unpaired) electrons. The van der Waals surface area contributed by atoms with Gasteiger partial charge in [0.25, 0.3) is 0 Å². The molecule has 0 atom stereocenters. The van der Waals surface area contributed by atoms with E-state index in [1.165, 1.54) is 0 Å². The molecule has 2 aliphatic heterocycles. The predicted octanol–water partition coefficient (Wildman–Crippen LogP) is 2.98. The molecular formula is C20H27ClN2O3. The molecule has 1 amide bonds. The highest BCUT2D eigenvalue weighted by Crippen LogP contribution is 2.27. The highest BCUT2D eigenvalue weighted by molar-refractivity contribution is 6.30. The van der Waals surface area contributed by atoms with Crippen LogP contribution in [0.5, 0.6) is 5.75 Å². The van der Waals surface area contributed by atoms with E-state index in [4.69, 9.17) is 21.1 Å². The topological polar surface area (TPSA) is 42.0 Å². The number of piperidine rings is 1. The number of hydrogen-bond donors (Lipinski definition) is 0. The van der Waals surface area contributed by atoms with Gasteiger partial charge in [0, 0.05) is 36.1 Å². The number of carbonyl (C=O) groups is 1. The first-order valence-electron chi connectivity index (χ1n) is 9.28. The van der Waals surface area contributed by atoms with Gasteiger partial charge in [-0.05, 0) is 44.1 Å². The standard InChI is InChI=1S/C20H27ClN2O3/c1-2-11-26-19-4-3-18(21)14-17(19)15-22-7-5-16(6-8-22)20(24)23-9-12-25-13-10-23/h2-4,14,16H,1,5-13,15H2. The van der Waals surface area contributed by atoms with Crippen LogP contribution in [0.4, 0.5) is 0 Å². The Kier molecular flexibility index (Phi) is 6.94. The van der Waals surface area contributed by atoms with Gasteiger partial charge >= 0.3 is 0 Å². The zero-order valence-corrected chi connectivity index (χ0v) is 15.9. The molecule has 3 rings (SSSR count). The fourth-order valence-corrected chi connectivity index (χ4v) is 3.78. The van der Waals surface area contributed by atoms with E-state index in [9.17, 15) is 4.79 Å². The van der Waals surface area contributed by atoms with E-state index in [1.807, 2.05) is 23.1 Å². The minimum absolute atomic E-state index is 0.139. The number of likely N-dealkylation sites (tertiary alicyclic amines) is 1. The Bertz CT molecular complexity index is 623. The highest BCUT2D eigenvalue weighted by atomic mass is 35.5. The van der Waals surface area contributed by atoms with Crippen molar-refractivity contribution in [2.45, 2.75) is 19.4 Å². The van der Waals surface area contributed by atoms with Crippen LogP contribution in [0.1, 0.15) is 18.4 Å². The Morgan fingerprint density at radius 3 is 2.69 bits per heavy atom. The normalized spacial score (nSPS) is 19.3. The summed E-state index contributed by atoms with van der Waals surface area (Å²) in [4.78, 5) is 17.0. The first kappa shape index (κ1) is 19.2. The van der Waals surface area contributed by atoms with Gasteiger partial charge in [-0.15, -0.1) is 0 Å². The van der Waals surface area contributed by atoms with Gasteiger partial charge in [0.1, 0.15) is 12.4 Å². The molecule has 2 fully saturated rings. The quantitative estimate of drug-likeness (QED) is 0.714. The number of hydrogen-bond acceptors (Lipinski definition) is 4. The molecule has 0 spiro atoms. The van der Waals surface area contributed by atoms with Crippen LogP contribution in [0, 0.1) is 5.92 Å². The van der Waals surface area contributed by atoms with Gasteiger partial charge in [-0.1, -0.05) is 24.3 Å². The Labute approximate surface area is 160 Å². The molecule has 0 bridgehead atoms. The molecule has 5 nitrogen and oxygen atoms in total. The maximum atomic E-state index is 12.6. The molecule has 2 heterocycles. The van der Waals surface area contributed by atoms with Crippen molar-refractivity contribution in [3.63, 3.8) is 0 Å². The summed E-state index contributed by atoms with van der Waals surface area (Å²) in [5, 5.41) is 0.711. The Hall–Kier alpha value is -1.56. The Morgan fingerprint density at radius 1 is 1.27 bits per heavy atom. The number of amides is 1. The lowest BCUT2D eigenvalue weighted by Gasteiger charge is -2.35. The van der Waals surface area contributed by atoms with Crippen LogP contribution in [0.3, 0.4) is 0 Å². The predicted molar refractivity (Wildman–Crippen MR) is 103 cm³/mol. The molecular weight excluding hydrogens is 352 g/mol. The molecule has 1 aromatic rings. The number of rotatable bonds is 6. The summed E-state index contributed by atoms with van der Waals surface area (Å²) in [6, 6.07) is 5.72. The molecule has 2 saturated heterocycles. The molecule has 0 unspecified atom stereocenters. The molecule has 0 N–H and O–H groups in total. The van der Waals surface area contributed by atoms with Gasteiger partial charge < -0.3 is 14.4 Å². The average molecular weight is 379 g/mol. The van der Waals surface area contributed by atoms with Crippen molar-refractivity contribution in [2.24, 2.45) is 5.92 Å². The monoisotopic (exact) mass is 378 g/mol. The van der Waals surface area contributed by atoms with Gasteiger partial charge in [-0.25, -0.2) is 0 Å². The van der Waals surface area contributed by atoms with E-state index in [2.05, 4.69) is 11.5 Å². The molecule has 0 aromatic heterocycles. The van der Waals surface area contributed by atoms with Gasteiger partial charge in [0.15, 0.2) is 0 Å². The molecule has 0 saturated carbocycles. The van der Waals surface area contributed by atoms with Crippen LogP contribution in [-0.2, 0) is 16.1 Å². The molecule has 2 aliphatic rings. The number of nitrogens with zero attached hydrogens (tertiary/aromatic N) is 2. The third-order valence-corrected chi connectivity index (χ3v) is 5.27. The number of ether oxygens (including phenoxy) is 2. The van der Waals surface area contributed by atoms with Crippen molar-refractivity contribution in [1.29, 1.82) is 0 Å². The van der Waals surface area contributed by atoms with Crippen LogP contribution in [-0.4, -0.2) is 61.7 Å². The van der Waals surface area contributed by atoms with Crippen LogP contribution in [0.25, 0.3) is 0 Å². The summed E-state index contributed by atoms with van der Waals surface area (Å²) < 4.78 is 11.1. The maximum absolute atomic E-state index is 12.6. The summed E-state index contributed by atoms with van der Waals surface area (Å²) in [6.07, 6.45) is 3.54. The van der Waals surface area contributed by atoms with Crippen molar-refractivity contribution in [1.82, 2.24) is 9.80 Å². The molecule has 26 heavy (non-hydrogen) atoms. The van der Waals surface area contributed by atoms with Crippen molar-refractivity contribution in [2.75, 3.05) is 46.0 Å². The minimum Gasteiger partial charge on any atom is -0.489 e. The van der Waals surface area contributed by atoms with Crippen LogP contribution >= 0.6 is 11.6 Å². The second kappa shape index (κ2) is 9.40. The SMILES string of the molecule is C=CCOc1ccc(Cl)cc1CN1CCC(C(=O)N2CCOCC2)CC1. The zero-order chi connectivity index (χ0) is 18.4. The molecule has 142 valence electrons. The summed E-state index contributed by atoms with van der Waals surface area (Å²) in [5.41, 5.74) is 1.08. The summed E-state index contributed by atoms with van der Waals surface area (Å²) in [6.45, 7) is 9.55. The fraction of sp³-hybridized carbons (Fsp3) is 0.550. The second-order valence-corrected chi connectivity index (χ2v) is 7.28. The first-order chi connectivity index (χ1) is 12.7. The van der Waals surface area contributed by atoms with E-state index < -0.39 is 0 Å². The highest BCUT2D eigenvalue weighted by Gasteiger charge is 2.29. The Morgan fingerprint density at radius 2 is 2.00 bits per heavy atom. The van der Waals surface area contributed by atoms with E-state index in [-0.39, 0.29) is 5.92 Å². The third kappa shape index (κ3) is 5.00. The number of benzene rings is 1. The largest absolute Gasteiger partial charge is 0.489 e. The fourth-order valence-electron chi connectivity index (χ4n) is 3.58. The van der Waals surface area contributed by atoms with Crippen LogP contribution in [0.2, 0.25) is 5.02 Å². The van der Waals surface area contributed by atoms with Crippen molar-refractivity contribution in [3.8, 4) is 5.75 Å². The number of carbonyl (C=O) groups excluding carboxylic acids is 1. The van der Waals surface area contributed by atoms with E-state index in [0.29, 0.717) is 30.8 Å². The maximum Gasteiger partial charge on any atom is 0.225 e. The van der Waals surface area contributed by atoms with Crippen molar-refractivity contribution >= 4 is 17.5 Å². The lowest BCUT2D eigenvalue weighted by atomic mass is 9.94. The summed E-state index contributed by atoms with van der Waals surface area (Å²) in [7, 11) is 0. The van der Waals surface area contributed by atoms with Crippen LogP contribution in [0.15, 0.2) is 30.9 Å². The van der Waals surface area contributed by atoms with Crippen LogP contribution < -0.4 is 4.74 Å². The van der Waals surface area contributed by atoms with Gasteiger partial charge in [-0.3, -0.25) is 9.69 Å². The molecule has 6 heteroatoms. The summed E-state index contributed by atoms with van der Waals surface area (Å²) >= 11 is 6.16. The first-order valence-corrected chi connectivity index (χ1v) is 9.66. The smallest absolute Gasteiger partial charge is 0.225 e. The Balaban J connectivity index is 1.54. The summed E-state index contributed by atoms with van der Waals surface area (Å²) in [5.74, 6) is 1.28. The molecule has 1 aromatic carbocycles. The third-order valence-electron chi connectivity index (χ3n) is 5.03.